The molecule has 0 aliphatic carbocycles. The van der Waals surface area contributed by atoms with E-state index in [1.54, 1.807) is 18.2 Å². The lowest BCUT2D eigenvalue weighted by Crippen LogP contribution is -2.32. The van der Waals surface area contributed by atoms with Gasteiger partial charge < -0.3 is 9.47 Å². The lowest BCUT2D eigenvalue weighted by Gasteiger charge is -2.21. The number of hydrazone groups is 1. The number of carbonyl (C=O) groups excluding carboxylic acids is 2. The molecule has 0 fully saturated rings. The van der Waals surface area contributed by atoms with E-state index in [0.29, 0.717) is 12.2 Å². The molecule has 0 radical (unpaired) electrons. The molecular formula is C29H23BrN2O4. The summed E-state index contributed by atoms with van der Waals surface area (Å²) in [5.41, 5.74) is 2.74. The van der Waals surface area contributed by atoms with Gasteiger partial charge in [-0.25, -0.2) is 9.80 Å². The monoisotopic (exact) mass is 542 g/mol. The quantitative estimate of drug-likeness (QED) is 0.272. The van der Waals surface area contributed by atoms with Crippen molar-refractivity contribution in [2.45, 2.75) is 12.5 Å². The number of ether oxygens (including phenoxy) is 2. The SMILES string of the molecule is O=C(COc1cccc(Br)c1)OCC(=O)N1N=C(c2ccc3ccccc3c2)CC1c1ccccc1. The van der Waals surface area contributed by atoms with Crippen LogP contribution < -0.4 is 4.74 Å². The minimum Gasteiger partial charge on any atom is -0.482 e. The third-order valence-electron chi connectivity index (χ3n) is 5.94. The van der Waals surface area contributed by atoms with Crippen LogP contribution in [0.1, 0.15) is 23.6 Å². The van der Waals surface area contributed by atoms with Crippen molar-refractivity contribution in [2.24, 2.45) is 5.10 Å². The van der Waals surface area contributed by atoms with Crippen molar-refractivity contribution < 1.29 is 19.1 Å². The molecule has 1 atom stereocenters. The lowest BCUT2D eigenvalue weighted by molar-refractivity contribution is -0.154. The van der Waals surface area contributed by atoms with Crippen LogP contribution in [0.15, 0.2) is 107 Å². The first kappa shape index (κ1) is 23.8. The summed E-state index contributed by atoms with van der Waals surface area (Å²) in [7, 11) is 0. The van der Waals surface area contributed by atoms with Gasteiger partial charge in [0.2, 0.25) is 0 Å². The van der Waals surface area contributed by atoms with E-state index in [0.717, 1.165) is 32.1 Å². The molecule has 7 heteroatoms. The van der Waals surface area contributed by atoms with Crippen LogP contribution in [0.25, 0.3) is 10.8 Å². The Hall–Kier alpha value is -3.97. The highest BCUT2D eigenvalue weighted by Gasteiger charge is 2.33. The second kappa shape index (κ2) is 10.7. The zero-order chi connectivity index (χ0) is 24.9. The normalized spacial score (nSPS) is 15.0. The topological polar surface area (TPSA) is 68.2 Å². The molecule has 1 aliphatic rings. The van der Waals surface area contributed by atoms with Gasteiger partial charge in [-0.3, -0.25) is 4.79 Å². The van der Waals surface area contributed by atoms with Crippen LogP contribution in [0.3, 0.4) is 0 Å². The van der Waals surface area contributed by atoms with Gasteiger partial charge in [0.05, 0.1) is 11.8 Å². The van der Waals surface area contributed by atoms with Crippen molar-refractivity contribution in [1.29, 1.82) is 0 Å². The maximum atomic E-state index is 13.1. The fourth-order valence-electron chi connectivity index (χ4n) is 4.17. The number of amides is 1. The predicted molar refractivity (Wildman–Crippen MR) is 142 cm³/mol. The number of carbonyl (C=O) groups is 2. The average molecular weight is 543 g/mol. The van der Waals surface area contributed by atoms with E-state index in [4.69, 9.17) is 9.47 Å². The molecule has 0 spiro atoms. The van der Waals surface area contributed by atoms with E-state index in [1.807, 2.05) is 54.6 Å². The number of fused-ring (bicyclic) bond motifs is 1. The Morgan fingerprint density at radius 3 is 2.44 bits per heavy atom. The Morgan fingerprint density at radius 1 is 0.861 bits per heavy atom. The largest absolute Gasteiger partial charge is 0.482 e. The van der Waals surface area contributed by atoms with E-state index in [9.17, 15) is 9.59 Å². The predicted octanol–water partition coefficient (Wildman–Crippen LogP) is 5.90. The van der Waals surface area contributed by atoms with Gasteiger partial charge in [0.15, 0.2) is 13.2 Å². The third-order valence-corrected chi connectivity index (χ3v) is 6.44. The van der Waals surface area contributed by atoms with E-state index >= 15 is 0 Å². The van der Waals surface area contributed by atoms with Gasteiger partial charge in [-0.15, -0.1) is 0 Å². The van der Waals surface area contributed by atoms with Crippen molar-refractivity contribution in [3.05, 3.63) is 113 Å². The van der Waals surface area contributed by atoms with Crippen LogP contribution in [0.2, 0.25) is 0 Å². The fraction of sp³-hybridized carbons (Fsp3) is 0.138. The van der Waals surface area contributed by atoms with Gasteiger partial charge in [0.25, 0.3) is 5.91 Å². The minimum absolute atomic E-state index is 0.281. The summed E-state index contributed by atoms with van der Waals surface area (Å²) < 4.78 is 11.5. The lowest BCUT2D eigenvalue weighted by atomic mass is 9.97. The Balaban J connectivity index is 1.30. The molecule has 1 aliphatic heterocycles. The van der Waals surface area contributed by atoms with Gasteiger partial charge in [0, 0.05) is 10.9 Å². The molecule has 180 valence electrons. The number of nitrogens with zero attached hydrogens (tertiary/aromatic N) is 2. The Bertz CT molecular complexity index is 1440. The second-order valence-electron chi connectivity index (χ2n) is 8.38. The van der Waals surface area contributed by atoms with E-state index in [2.05, 4.69) is 45.3 Å². The number of hydrogen-bond acceptors (Lipinski definition) is 5. The van der Waals surface area contributed by atoms with Gasteiger partial charge >= 0.3 is 5.97 Å². The highest BCUT2D eigenvalue weighted by atomic mass is 79.9. The maximum absolute atomic E-state index is 13.1. The number of esters is 1. The highest BCUT2D eigenvalue weighted by Crippen LogP contribution is 2.33. The molecule has 4 aromatic rings. The minimum atomic E-state index is -0.627. The highest BCUT2D eigenvalue weighted by molar-refractivity contribution is 9.10. The Kier molecular flexibility index (Phi) is 7.09. The molecule has 4 aromatic carbocycles. The Morgan fingerprint density at radius 2 is 1.64 bits per heavy atom. The number of halogens is 1. The van der Waals surface area contributed by atoms with Crippen molar-refractivity contribution >= 4 is 44.3 Å². The smallest absolute Gasteiger partial charge is 0.344 e. The van der Waals surface area contributed by atoms with E-state index < -0.39 is 18.5 Å². The standard InChI is InChI=1S/C29H23BrN2O4/c30-24-11-6-12-25(16-24)35-19-29(34)36-18-28(33)32-27(21-8-2-1-3-9-21)17-26(31-32)23-14-13-20-7-4-5-10-22(20)15-23/h1-16,27H,17-19H2. The molecule has 36 heavy (non-hydrogen) atoms. The van der Waals surface area contributed by atoms with E-state index in [-0.39, 0.29) is 12.6 Å². The van der Waals surface area contributed by atoms with Crippen molar-refractivity contribution in [1.82, 2.24) is 5.01 Å². The first-order chi connectivity index (χ1) is 17.6. The molecular weight excluding hydrogens is 520 g/mol. The molecule has 5 rings (SSSR count). The maximum Gasteiger partial charge on any atom is 0.344 e. The van der Waals surface area contributed by atoms with Crippen molar-refractivity contribution in [3.63, 3.8) is 0 Å². The molecule has 0 aromatic heterocycles. The van der Waals surface area contributed by atoms with Crippen LogP contribution in [0, 0.1) is 0 Å². The van der Waals surface area contributed by atoms with Crippen LogP contribution >= 0.6 is 15.9 Å². The summed E-state index contributed by atoms with van der Waals surface area (Å²) in [5.74, 6) is -0.492. The second-order valence-corrected chi connectivity index (χ2v) is 9.30. The summed E-state index contributed by atoms with van der Waals surface area (Å²) in [5, 5.41) is 8.36. The zero-order valence-corrected chi connectivity index (χ0v) is 20.9. The van der Waals surface area contributed by atoms with Gasteiger partial charge in [-0.1, -0.05) is 88.7 Å². The summed E-state index contributed by atoms with van der Waals surface area (Å²) in [6.45, 7) is -0.712. The first-order valence-electron chi connectivity index (χ1n) is 11.5. The molecule has 0 N–H and O–H groups in total. The van der Waals surface area contributed by atoms with Crippen molar-refractivity contribution in [2.75, 3.05) is 13.2 Å². The average Bonchev–Trinajstić information content (AvgIpc) is 3.37. The van der Waals surface area contributed by atoms with Crippen LogP contribution in [-0.2, 0) is 14.3 Å². The fourth-order valence-corrected chi connectivity index (χ4v) is 4.55. The number of hydrogen-bond donors (Lipinski definition) is 0. The summed E-state index contributed by atoms with van der Waals surface area (Å²) in [6.07, 6.45) is 0.564. The summed E-state index contributed by atoms with van der Waals surface area (Å²) >= 11 is 3.36. The molecule has 1 amide bonds. The Labute approximate surface area is 217 Å². The van der Waals surface area contributed by atoms with Crippen molar-refractivity contribution in [3.8, 4) is 5.75 Å². The molecule has 0 bridgehead atoms. The molecule has 0 saturated heterocycles. The van der Waals surface area contributed by atoms with Crippen LogP contribution in [-0.4, -0.2) is 35.8 Å². The van der Waals surface area contributed by atoms with Crippen LogP contribution in [0.5, 0.6) is 5.75 Å². The van der Waals surface area contributed by atoms with Gasteiger partial charge in [-0.2, -0.15) is 5.10 Å². The third kappa shape index (κ3) is 5.47. The molecule has 6 nitrogen and oxygen atoms in total. The summed E-state index contributed by atoms with van der Waals surface area (Å²) in [6, 6.07) is 30.9. The van der Waals surface area contributed by atoms with Crippen LogP contribution in [0.4, 0.5) is 0 Å². The summed E-state index contributed by atoms with van der Waals surface area (Å²) in [4.78, 5) is 25.4. The molecule has 1 unspecified atom stereocenters. The van der Waals surface area contributed by atoms with Gasteiger partial charge in [0.1, 0.15) is 5.75 Å². The number of benzene rings is 4. The first-order valence-corrected chi connectivity index (χ1v) is 12.3. The molecule has 1 heterocycles. The number of rotatable bonds is 7. The zero-order valence-electron chi connectivity index (χ0n) is 19.3. The van der Waals surface area contributed by atoms with Gasteiger partial charge in [-0.05, 0) is 46.2 Å². The van der Waals surface area contributed by atoms with E-state index in [1.165, 1.54) is 5.01 Å². The molecule has 0 saturated carbocycles.